The summed E-state index contributed by atoms with van der Waals surface area (Å²) in [4.78, 5) is 22.0. The Morgan fingerprint density at radius 1 is 1.44 bits per heavy atom. The number of carbonyl (C=O) groups excluding carboxylic acids is 1. The highest BCUT2D eigenvalue weighted by atomic mass is 16.4. The van der Waals surface area contributed by atoms with Gasteiger partial charge in [0.1, 0.15) is 0 Å². The maximum Gasteiger partial charge on any atom is 0.303 e. The van der Waals surface area contributed by atoms with E-state index in [0.29, 0.717) is 12.1 Å². The van der Waals surface area contributed by atoms with E-state index in [9.17, 15) is 9.59 Å². The van der Waals surface area contributed by atoms with E-state index >= 15 is 0 Å². The lowest BCUT2D eigenvalue weighted by atomic mass is 10.1. The Kier molecular flexibility index (Phi) is 4.88. The van der Waals surface area contributed by atoms with Crippen LogP contribution in [0.25, 0.3) is 0 Å². The molecule has 0 unspecified atom stereocenters. The van der Waals surface area contributed by atoms with E-state index in [0.717, 1.165) is 5.69 Å². The number of aryl methyl sites for hydroxylation is 1. The minimum absolute atomic E-state index is 0.0114. The number of nitrogens with zero attached hydrogens (tertiary/aromatic N) is 2. The van der Waals surface area contributed by atoms with Crippen molar-refractivity contribution in [3.05, 3.63) is 11.9 Å². The van der Waals surface area contributed by atoms with Crippen LogP contribution in [0.15, 0.2) is 6.20 Å². The maximum atomic E-state index is 11.6. The van der Waals surface area contributed by atoms with Gasteiger partial charge in [-0.2, -0.15) is 5.10 Å². The number of aromatic nitrogens is 2. The molecule has 1 rings (SSSR count). The molecule has 1 aromatic heterocycles. The fourth-order valence-electron chi connectivity index (χ4n) is 1.64. The predicted molar refractivity (Wildman–Crippen MR) is 67.4 cm³/mol. The second-order valence-electron chi connectivity index (χ2n) is 4.55. The smallest absolute Gasteiger partial charge is 0.303 e. The average Bonchev–Trinajstić information content (AvgIpc) is 2.58. The molecule has 6 nitrogen and oxygen atoms in total. The van der Waals surface area contributed by atoms with Gasteiger partial charge < -0.3 is 10.4 Å². The Morgan fingerprint density at radius 2 is 2.11 bits per heavy atom. The van der Waals surface area contributed by atoms with E-state index in [-0.39, 0.29) is 24.7 Å². The van der Waals surface area contributed by atoms with Crippen molar-refractivity contribution in [1.82, 2.24) is 9.78 Å². The summed E-state index contributed by atoms with van der Waals surface area (Å²) < 4.78 is 1.65. The average molecular weight is 253 g/mol. The van der Waals surface area contributed by atoms with Gasteiger partial charge in [0.15, 0.2) is 0 Å². The van der Waals surface area contributed by atoms with Gasteiger partial charge in [0.05, 0.1) is 11.4 Å². The fraction of sp³-hybridized carbons (Fsp3) is 0.583. The van der Waals surface area contributed by atoms with Crippen LogP contribution in [-0.2, 0) is 16.6 Å². The lowest BCUT2D eigenvalue weighted by molar-refractivity contribution is -0.137. The third-order valence-electron chi connectivity index (χ3n) is 2.47. The Morgan fingerprint density at radius 3 is 2.67 bits per heavy atom. The molecule has 0 aliphatic heterocycles. The summed E-state index contributed by atoms with van der Waals surface area (Å²) in [5.74, 6) is -0.835. The van der Waals surface area contributed by atoms with E-state index in [2.05, 4.69) is 10.4 Å². The molecular weight excluding hydrogens is 234 g/mol. The van der Waals surface area contributed by atoms with Crippen LogP contribution in [0, 0.1) is 0 Å². The largest absolute Gasteiger partial charge is 0.481 e. The minimum Gasteiger partial charge on any atom is -0.481 e. The number of carboxylic acid groups (broad SMARTS) is 1. The zero-order valence-corrected chi connectivity index (χ0v) is 10.9. The van der Waals surface area contributed by atoms with Crippen molar-refractivity contribution in [1.29, 1.82) is 0 Å². The van der Waals surface area contributed by atoms with Crippen molar-refractivity contribution >= 4 is 17.6 Å². The van der Waals surface area contributed by atoms with E-state index in [1.54, 1.807) is 17.9 Å². The molecule has 18 heavy (non-hydrogen) atoms. The van der Waals surface area contributed by atoms with Gasteiger partial charge >= 0.3 is 5.97 Å². The predicted octanol–water partition coefficient (Wildman–Crippen LogP) is 1.74. The van der Waals surface area contributed by atoms with Gasteiger partial charge in [0.2, 0.25) is 5.91 Å². The highest BCUT2D eigenvalue weighted by Gasteiger charge is 2.13. The number of hydrogen-bond donors (Lipinski definition) is 2. The van der Waals surface area contributed by atoms with Gasteiger partial charge in [-0.1, -0.05) is 13.8 Å². The second kappa shape index (κ2) is 6.18. The summed E-state index contributed by atoms with van der Waals surface area (Å²) in [6.45, 7) is 4.00. The van der Waals surface area contributed by atoms with Crippen LogP contribution >= 0.6 is 0 Å². The molecule has 0 aliphatic rings. The number of nitrogens with one attached hydrogen (secondary N) is 1. The van der Waals surface area contributed by atoms with Crippen LogP contribution in [0.2, 0.25) is 0 Å². The number of carboxylic acids is 1. The van der Waals surface area contributed by atoms with Gasteiger partial charge in [0.25, 0.3) is 0 Å². The standard InChI is InChI=1S/C12H19N3O3/c1-8(2)12-9(7-15(3)14-12)13-10(16)5-4-6-11(17)18/h7-8H,4-6H2,1-3H3,(H,13,16)(H,17,18). The fourth-order valence-corrected chi connectivity index (χ4v) is 1.64. The molecule has 1 amide bonds. The Balaban J connectivity index is 2.56. The number of anilines is 1. The van der Waals surface area contributed by atoms with Gasteiger partial charge in [-0.25, -0.2) is 0 Å². The molecule has 0 spiro atoms. The lowest BCUT2D eigenvalue weighted by Gasteiger charge is -2.06. The van der Waals surface area contributed by atoms with Gasteiger partial charge in [-0.15, -0.1) is 0 Å². The summed E-state index contributed by atoms with van der Waals surface area (Å²) in [5, 5.41) is 15.5. The van der Waals surface area contributed by atoms with Gasteiger partial charge in [-0.05, 0) is 12.3 Å². The summed E-state index contributed by atoms with van der Waals surface area (Å²) in [7, 11) is 1.80. The molecule has 100 valence electrons. The molecule has 0 fully saturated rings. The van der Waals surface area contributed by atoms with Crippen molar-refractivity contribution in [2.24, 2.45) is 7.05 Å². The van der Waals surface area contributed by atoms with Crippen LogP contribution in [0.4, 0.5) is 5.69 Å². The lowest BCUT2D eigenvalue weighted by Crippen LogP contribution is -2.13. The number of aliphatic carboxylic acids is 1. The molecule has 0 bridgehead atoms. The zero-order chi connectivity index (χ0) is 13.7. The second-order valence-corrected chi connectivity index (χ2v) is 4.55. The summed E-state index contributed by atoms with van der Waals surface area (Å²) >= 11 is 0. The monoisotopic (exact) mass is 253 g/mol. The van der Waals surface area contributed by atoms with Gasteiger partial charge in [0, 0.05) is 26.1 Å². The minimum atomic E-state index is -0.882. The molecule has 0 aliphatic carbocycles. The first-order chi connectivity index (χ1) is 8.40. The number of carbonyl (C=O) groups is 2. The number of rotatable bonds is 6. The molecule has 1 heterocycles. The number of hydrogen-bond acceptors (Lipinski definition) is 3. The van der Waals surface area contributed by atoms with Crippen LogP contribution in [0.1, 0.15) is 44.7 Å². The van der Waals surface area contributed by atoms with Crippen LogP contribution in [0.3, 0.4) is 0 Å². The topological polar surface area (TPSA) is 84.2 Å². The first-order valence-corrected chi connectivity index (χ1v) is 5.95. The zero-order valence-electron chi connectivity index (χ0n) is 10.9. The molecule has 0 aromatic carbocycles. The summed E-state index contributed by atoms with van der Waals surface area (Å²) in [6, 6.07) is 0. The van der Waals surface area contributed by atoms with Crippen LogP contribution < -0.4 is 5.32 Å². The summed E-state index contributed by atoms with van der Waals surface area (Å²) in [6.07, 6.45) is 2.32. The highest BCUT2D eigenvalue weighted by Crippen LogP contribution is 2.22. The van der Waals surface area contributed by atoms with Crippen molar-refractivity contribution in [3.8, 4) is 0 Å². The molecular formula is C12H19N3O3. The molecule has 0 radical (unpaired) electrons. The van der Waals surface area contributed by atoms with E-state index in [1.165, 1.54) is 0 Å². The van der Waals surface area contributed by atoms with Crippen LogP contribution in [0.5, 0.6) is 0 Å². The Hall–Kier alpha value is -1.85. The maximum absolute atomic E-state index is 11.6. The van der Waals surface area contributed by atoms with E-state index < -0.39 is 5.97 Å². The molecule has 2 N–H and O–H groups in total. The normalized spacial score (nSPS) is 10.7. The van der Waals surface area contributed by atoms with E-state index in [1.807, 2.05) is 13.8 Å². The van der Waals surface area contributed by atoms with Crippen molar-refractivity contribution in [3.63, 3.8) is 0 Å². The quantitative estimate of drug-likeness (QED) is 0.808. The molecule has 0 atom stereocenters. The van der Waals surface area contributed by atoms with Crippen LogP contribution in [-0.4, -0.2) is 26.8 Å². The van der Waals surface area contributed by atoms with Crippen molar-refractivity contribution in [2.75, 3.05) is 5.32 Å². The first kappa shape index (κ1) is 14.2. The Labute approximate surface area is 106 Å². The van der Waals surface area contributed by atoms with Gasteiger partial charge in [-0.3, -0.25) is 14.3 Å². The molecule has 1 aromatic rings. The molecule has 0 saturated heterocycles. The summed E-state index contributed by atoms with van der Waals surface area (Å²) in [5.41, 5.74) is 1.54. The first-order valence-electron chi connectivity index (χ1n) is 5.95. The third kappa shape index (κ3) is 4.20. The Bertz CT molecular complexity index is 438. The SMILES string of the molecule is CC(C)c1nn(C)cc1NC(=O)CCCC(=O)O. The molecule has 6 heteroatoms. The van der Waals surface area contributed by atoms with E-state index in [4.69, 9.17) is 5.11 Å². The van der Waals surface area contributed by atoms with Crippen molar-refractivity contribution < 1.29 is 14.7 Å². The number of amides is 1. The van der Waals surface area contributed by atoms with Crippen molar-refractivity contribution in [2.45, 2.75) is 39.0 Å². The third-order valence-corrected chi connectivity index (χ3v) is 2.47. The highest BCUT2D eigenvalue weighted by molar-refractivity contribution is 5.91. The molecule has 0 saturated carbocycles.